The minimum absolute atomic E-state index is 0.150. The molecule has 0 bridgehead atoms. The van der Waals surface area contributed by atoms with Crippen LogP contribution in [0.5, 0.6) is 0 Å². The van der Waals surface area contributed by atoms with Crippen molar-refractivity contribution in [2.24, 2.45) is 0 Å². The average Bonchev–Trinajstić information content (AvgIpc) is 2.40. The van der Waals surface area contributed by atoms with Crippen molar-refractivity contribution in [1.29, 1.82) is 0 Å². The smallest absolute Gasteiger partial charge is 0.270 e. The largest absolute Gasteiger partial charge is 0.351 e. The summed E-state index contributed by atoms with van der Waals surface area (Å²) in [5, 5.41) is 5.85. The summed E-state index contributed by atoms with van der Waals surface area (Å²) in [6, 6.07) is 1.69. The summed E-state index contributed by atoms with van der Waals surface area (Å²) < 4.78 is 0. The molecule has 19 heavy (non-hydrogen) atoms. The van der Waals surface area contributed by atoms with Gasteiger partial charge in [0, 0.05) is 18.8 Å². The van der Waals surface area contributed by atoms with Crippen LogP contribution < -0.4 is 10.6 Å². The molecule has 1 rings (SSSR count). The molecule has 0 radical (unpaired) electrons. The van der Waals surface area contributed by atoms with E-state index in [-0.39, 0.29) is 5.91 Å². The highest BCUT2D eigenvalue weighted by atomic mass is 16.1. The van der Waals surface area contributed by atoms with Crippen LogP contribution in [0.2, 0.25) is 0 Å². The highest BCUT2D eigenvalue weighted by Crippen LogP contribution is 2.05. The first-order valence-electron chi connectivity index (χ1n) is 6.66. The molecule has 0 aliphatic carbocycles. The van der Waals surface area contributed by atoms with Crippen LogP contribution in [-0.4, -0.2) is 29.0 Å². The number of carbonyl (C=O) groups is 1. The van der Waals surface area contributed by atoms with E-state index in [1.807, 2.05) is 6.92 Å². The van der Waals surface area contributed by atoms with Gasteiger partial charge < -0.3 is 10.6 Å². The molecule has 1 aromatic heterocycles. The highest BCUT2D eigenvalue weighted by molar-refractivity contribution is 5.92. The molecule has 5 heteroatoms. The van der Waals surface area contributed by atoms with Gasteiger partial charge in [-0.3, -0.25) is 4.79 Å². The number of aromatic nitrogens is 2. The van der Waals surface area contributed by atoms with Gasteiger partial charge in [-0.15, -0.1) is 6.58 Å². The van der Waals surface area contributed by atoms with Gasteiger partial charge >= 0.3 is 0 Å². The molecule has 0 aliphatic rings. The maximum Gasteiger partial charge on any atom is 0.270 e. The Morgan fingerprint density at radius 3 is 2.89 bits per heavy atom. The predicted octanol–water partition coefficient (Wildman–Crippen LogP) is 2.30. The van der Waals surface area contributed by atoms with Gasteiger partial charge in [0.25, 0.3) is 5.91 Å². The molecule has 0 unspecified atom stereocenters. The fraction of sp³-hybridized carbons (Fsp3) is 0.500. The second-order valence-electron chi connectivity index (χ2n) is 4.35. The van der Waals surface area contributed by atoms with Crippen LogP contribution in [0, 0.1) is 6.92 Å². The molecule has 1 aromatic rings. The Morgan fingerprint density at radius 2 is 2.21 bits per heavy atom. The van der Waals surface area contributed by atoms with Gasteiger partial charge in [-0.05, 0) is 19.4 Å². The minimum atomic E-state index is -0.150. The zero-order chi connectivity index (χ0) is 14.1. The van der Waals surface area contributed by atoms with Gasteiger partial charge in [-0.2, -0.15) is 0 Å². The fourth-order valence-electron chi connectivity index (χ4n) is 1.59. The maximum atomic E-state index is 11.9. The van der Waals surface area contributed by atoms with Crippen LogP contribution in [0.3, 0.4) is 0 Å². The van der Waals surface area contributed by atoms with Gasteiger partial charge in [0.15, 0.2) is 0 Å². The molecule has 0 saturated carbocycles. The number of nitrogens with one attached hydrogen (secondary N) is 2. The zero-order valence-electron chi connectivity index (χ0n) is 11.7. The summed E-state index contributed by atoms with van der Waals surface area (Å²) >= 11 is 0. The average molecular weight is 262 g/mol. The third-order valence-electron chi connectivity index (χ3n) is 2.56. The summed E-state index contributed by atoms with van der Waals surface area (Å²) in [7, 11) is 0. The number of hydrogen-bond donors (Lipinski definition) is 2. The van der Waals surface area contributed by atoms with Crippen LogP contribution >= 0.6 is 0 Å². The molecule has 2 N–H and O–H groups in total. The lowest BCUT2D eigenvalue weighted by Gasteiger charge is -2.07. The molecule has 5 nitrogen and oxygen atoms in total. The molecule has 0 aromatic carbocycles. The predicted molar refractivity (Wildman–Crippen MR) is 77.3 cm³/mol. The van der Waals surface area contributed by atoms with E-state index in [0.29, 0.717) is 24.7 Å². The number of amides is 1. The van der Waals surface area contributed by atoms with Crippen molar-refractivity contribution >= 4 is 11.9 Å². The summed E-state index contributed by atoms with van der Waals surface area (Å²) in [5.41, 5.74) is 1.16. The van der Waals surface area contributed by atoms with Gasteiger partial charge in [0.2, 0.25) is 5.95 Å². The lowest BCUT2D eigenvalue weighted by atomic mass is 10.2. The van der Waals surface area contributed by atoms with E-state index in [4.69, 9.17) is 0 Å². The molecule has 0 saturated heterocycles. The van der Waals surface area contributed by atoms with E-state index < -0.39 is 0 Å². The quantitative estimate of drug-likeness (QED) is 0.557. The molecule has 0 atom stereocenters. The number of carbonyl (C=O) groups excluding carboxylic acids is 1. The van der Waals surface area contributed by atoms with Gasteiger partial charge in [-0.25, -0.2) is 9.97 Å². The van der Waals surface area contributed by atoms with E-state index in [1.54, 1.807) is 12.1 Å². The maximum absolute atomic E-state index is 11.9. The van der Waals surface area contributed by atoms with Crippen molar-refractivity contribution in [3.63, 3.8) is 0 Å². The standard InChI is InChI=1S/C14H22N4O/c1-4-6-7-9-15-13(19)12-10-11(3)17-14(18-12)16-8-5-2/h5,10H,2,4,6-9H2,1,3H3,(H,15,19)(H,16,17,18). The van der Waals surface area contributed by atoms with Crippen LogP contribution in [0.4, 0.5) is 5.95 Å². The number of rotatable bonds is 8. The molecular formula is C14H22N4O. The third kappa shape index (κ3) is 5.50. The topological polar surface area (TPSA) is 66.9 Å². The Hall–Kier alpha value is -1.91. The van der Waals surface area contributed by atoms with Crippen LogP contribution in [0.15, 0.2) is 18.7 Å². The van der Waals surface area contributed by atoms with Gasteiger partial charge in [-0.1, -0.05) is 25.8 Å². The Morgan fingerprint density at radius 1 is 1.42 bits per heavy atom. The first kappa shape index (κ1) is 15.1. The molecule has 1 heterocycles. The Kier molecular flexibility index (Phi) is 6.57. The van der Waals surface area contributed by atoms with E-state index in [0.717, 1.165) is 25.0 Å². The van der Waals surface area contributed by atoms with Crippen molar-refractivity contribution in [1.82, 2.24) is 15.3 Å². The molecule has 0 fully saturated rings. The number of unbranched alkanes of at least 4 members (excludes halogenated alkanes) is 2. The van der Waals surface area contributed by atoms with E-state index in [1.165, 1.54) is 0 Å². The molecule has 0 aliphatic heterocycles. The van der Waals surface area contributed by atoms with Gasteiger partial charge in [0.05, 0.1) is 0 Å². The van der Waals surface area contributed by atoms with E-state index in [2.05, 4.69) is 34.1 Å². The lowest BCUT2D eigenvalue weighted by Crippen LogP contribution is -2.26. The Bertz CT molecular complexity index is 431. The van der Waals surface area contributed by atoms with E-state index >= 15 is 0 Å². The molecular weight excluding hydrogens is 240 g/mol. The van der Waals surface area contributed by atoms with Crippen LogP contribution in [0.25, 0.3) is 0 Å². The summed E-state index contributed by atoms with van der Waals surface area (Å²) in [5.74, 6) is 0.307. The van der Waals surface area contributed by atoms with Gasteiger partial charge in [0.1, 0.15) is 5.69 Å². The number of hydrogen-bond acceptors (Lipinski definition) is 4. The van der Waals surface area contributed by atoms with Crippen molar-refractivity contribution < 1.29 is 4.79 Å². The van der Waals surface area contributed by atoms with Crippen molar-refractivity contribution in [3.8, 4) is 0 Å². The van der Waals surface area contributed by atoms with E-state index in [9.17, 15) is 4.79 Å². The Labute approximate surface area is 114 Å². The summed E-state index contributed by atoms with van der Waals surface area (Å²) in [6.45, 7) is 8.85. The van der Waals surface area contributed by atoms with Crippen LogP contribution in [0.1, 0.15) is 42.4 Å². The fourth-order valence-corrected chi connectivity index (χ4v) is 1.59. The Balaban J connectivity index is 2.62. The molecule has 104 valence electrons. The number of nitrogens with zero attached hydrogens (tertiary/aromatic N) is 2. The summed E-state index contributed by atoms with van der Waals surface area (Å²) in [6.07, 6.45) is 4.97. The monoisotopic (exact) mass is 262 g/mol. The SMILES string of the molecule is C=CCNc1nc(C)cc(C(=O)NCCCCC)n1. The third-order valence-corrected chi connectivity index (χ3v) is 2.56. The normalized spacial score (nSPS) is 10.0. The second kappa shape index (κ2) is 8.24. The minimum Gasteiger partial charge on any atom is -0.351 e. The van der Waals surface area contributed by atoms with Crippen molar-refractivity contribution in [2.45, 2.75) is 33.1 Å². The van der Waals surface area contributed by atoms with Crippen LogP contribution in [-0.2, 0) is 0 Å². The summed E-state index contributed by atoms with van der Waals surface area (Å²) in [4.78, 5) is 20.3. The second-order valence-corrected chi connectivity index (χ2v) is 4.35. The molecule has 1 amide bonds. The number of anilines is 1. The highest BCUT2D eigenvalue weighted by Gasteiger charge is 2.09. The first-order chi connectivity index (χ1) is 9.17. The zero-order valence-corrected chi connectivity index (χ0v) is 11.7. The van der Waals surface area contributed by atoms with Crippen molar-refractivity contribution in [3.05, 3.63) is 30.1 Å². The molecule has 0 spiro atoms. The lowest BCUT2D eigenvalue weighted by molar-refractivity contribution is 0.0948. The first-order valence-corrected chi connectivity index (χ1v) is 6.66. The van der Waals surface area contributed by atoms with Crippen molar-refractivity contribution in [2.75, 3.05) is 18.4 Å². The number of aryl methyl sites for hydroxylation is 1.